The molecule has 1 aromatic carbocycles. The number of para-hydroxylation sites is 1. The van der Waals surface area contributed by atoms with Gasteiger partial charge in [0, 0.05) is 4.90 Å². The second kappa shape index (κ2) is 4.61. The molecule has 2 aliphatic heterocycles. The Morgan fingerprint density at radius 2 is 2.24 bits per heavy atom. The van der Waals surface area contributed by atoms with Gasteiger partial charge in [0.05, 0.1) is 5.69 Å². The number of rotatable bonds is 1. The standard InChI is InChI=1S/C11H10N2OS3/c1-15-11-13-9(14)8(17-11)10-12-6-4-2-3-5-7(6)16-10/h2-5,11-12H,1H3,(H,13,14)/p+1/b10-8-. The van der Waals surface area contributed by atoms with Crippen molar-refractivity contribution in [3.8, 4) is 0 Å². The van der Waals surface area contributed by atoms with Crippen LogP contribution in [0.25, 0.3) is 0 Å². The number of benzene rings is 1. The molecular weight excluding hydrogens is 272 g/mol. The molecule has 1 atom stereocenters. The van der Waals surface area contributed by atoms with Gasteiger partial charge in [-0.25, -0.2) is 4.79 Å². The van der Waals surface area contributed by atoms with E-state index in [2.05, 4.69) is 11.4 Å². The summed E-state index contributed by atoms with van der Waals surface area (Å²) in [4.78, 5) is 13.9. The predicted octanol–water partition coefficient (Wildman–Crippen LogP) is 1.86. The number of nitrogens with one attached hydrogen (secondary N) is 1. The summed E-state index contributed by atoms with van der Waals surface area (Å²) in [7, 11) is 0. The number of hydrogen-bond donors (Lipinski definition) is 2. The molecule has 3 N–H and O–H groups in total. The maximum Gasteiger partial charge on any atom is 0.353 e. The van der Waals surface area contributed by atoms with Crippen molar-refractivity contribution >= 4 is 46.9 Å². The topological polar surface area (TPSA) is 45.7 Å². The van der Waals surface area contributed by atoms with Gasteiger partial charge >= 0.3 is 5.91 Å². The number of nitrogens with two attached hydrogens (primary N) is 1. The van der Waals surface area contributed by atoms with Gasteiger partial charge in [0.1, 0.15) is 9.93 Å². The lowest BCUT2D eigenvalue weighted by Gasteiger charge is -1.99. The second-order valence-electron chi connectivity index (χ2n) is 3.63. The van der Waals surface area contributed by atoms with E-state index in [-0.39, 0.29) is 10.6 Å². The van der Waals surface area contributed by atoms with Gasteiger partial charge in [0.2, 0.25) is 0 Å². The van der Waals surface area contributed by atoms with Crippen molar-refractivity contribution in [2.75, 3.05) is 11.6 Å². The number of quaternary nitrogens is 1. The molecule has 0 aromatic heterocycles. The van der Waals surface area contributed by atoms with Crippen LogP contribution in [-0.4, -0.2) is 16.9 Å². The minimum Gasteiger partial charge on any atom is -0.348 e. The van der Waals surface area contributed by atoms with Crippen LogP contribution in [0.15, 0.2) is 39.1 Å². The van der Waals surface area contributed by atoms with E-state index in [0.29, 0.717) is 0 Å². The Kier molecular flexibility index (Phi) is 3.12. The fraction of sp³-hybridized carbons (Fsp3) is 0.182. The van der Waals surface area contributed by atoms with Crippen LogP contribution in [0.2, 0.25) is 0 Å². The first-order valence-electron chi connectivity index (χ1n) is 5.15. The summed E-state index contributed by atoms with van der Waals surface area (Å²) < 4.78 is 0.260. The van der Waals surface area contributed by atoms with Crippen molar-refractivity contribution in [3.63, 3.8) is 0 Å². The largest absolute Gasteiger partial charge is 0.353 e. The SMILES string of the molecule is CSC1[NH2+]C(=O)/C(=C2\Nc3ccccc3S2)S1. The lowest BCUT2D eigenvalue weighted by Crippen LogP contribution is -2.88. The zero-order valence-corrected chi connectivity index (χ0v) is 11.5. The van der Waals surface area contributed by atoms with E-state index < -0.39 is 0 Å². The fourth-order valence-electron chi connectivity index (χ4n) is 1.71. The summed E-state index contributed by atoms with van der Waals surface area (Å²) in [6.07, 6.45) is 2.03. The Bertz CT molecular complexity index is 488. The monoisotopic (exact) mass is 283 g/mol. The molecule has 0 saturated carbocycles. The number of carbonyl (C=O) groups is 1. The van der Waals surface area contributed by atoms with Gasteiger partial charge in [0.25, 0.3) is 0 Å². The third-order valence-corrected chi connectivity index (χ3v) is 6.22. The van der Waals surface area contributed by atoms with Gasteiger partial charge in [-0.15, -0.1) is 0 Å². The third kappa shape index (κ3) is 2.10. The van der Waals surface area contributed by atoms with Gasteiger partial charge < -0.3 is 5.32 Å². The van der Waals surface area contributed by atoms with E-state index in [1.165, 1.54) is 4.90 Å². The first-order valence-corrected chi connectivity index (χ1v) is 8.13. The maximum atomic E-state index is 11.9. The fourth-order valence-corrected chi connectivity index (χ4v) is 4.63. The molecule has 2 heterocycles. The Balaban J connectivity index is 1.91. The van der Waals surface area contributed by atoms with E-state index in [1.807, 2.05) is 24.5 Å². The minimum atomic E-state index is 0.150. The van der Waals surface area contributed by atoms with Crippen LogP contribution in [-0.2, 0) is 4.79 Å². The first kappa shape index (κ1) is 11.5. The number of thioether (sulfide) groups is 3. The molecule has 0 bridgehead atoms. The smallest absolute Gasteiger partial charge is 0.348 e. The second-order valence-corrected chi connectivity index (χ2v) is 7.12. The van der Waals surface area contributed by atoms with Gasteiger partial charge in [-0.1, -0.05) is 35.7 Å². The number of amides is 1. The van der Waals surface area contributed by atoms with Crippen molar-refractivity contribution < 1.29 is 10.1 Å². The van der Waals surface area contributed by atoms with Gasteiger partial charge in [-0.3, -0.25) is 5.32 Å². The van der Waals surface area contributed by atoms with Crippen LogP contribution in [0.3, 0.4) is 0 Å². The highest BCUT2D eigenvalue weighted by atomic mass is 32.2. The molecule has 1 unspecified atom stereocenters. The van der Waals surface area contributed by atoms with Gasteiger partial charge in [0.15, 0.2) is 4.71 Å². The predicted molar refractivity (Wildman–Crippen MR) is 74.8 cm³/mol. The molecule has 1 saturated heterocycles. The molecule has 2 aliphatic rings. The molecule has 3 rings (SSSR count). The normalized spacial score (nSPS) is 27.1. The molecule has 0 radical (unpaired) electrons. The average molecular weight is 283 g/mol. The molecule has 1 fully saturated rings. The number of carbonyl (C=O) groups excluding carboxylic acids is 1. The van der Waals surface area contributed by atoms with Crippen molar-refractivity contribution in [1.29, 1.82) is 0 Å². The number of primary amides is 1. The summed E-state index contributed by atoms with van der Waals surface area (Å²) in [5.74, 6) is 0.150. The molecule has 1 aromatic rings. The van der Waals surface area contributed by atoms with E-state index in [0.717, 1.165) is 15.6 Å². The van der Waals surface area contributed by atoms with Crippen LogP contribution < -0.4 is 10.6 Å². The highest BCUT2D eigenvalue weighted by Crippen LogP contribution is 2.45. The van der Waals surface area contributed by atoms with Crippen LogP contribution in [0, 0.1) is 0 Å². The zero-order chi connectivity index (χ0) is 11.8. The first-order chi connectivity index (χ1) is 8.28. The van der Waals surface area contributed by atoms with Crippen LogP contribution in [0.4, 0.5) is 5.69 Å². The lowest BCUT2D eigenvalue weighted by molar-refractivity contribution is -0.552. The Morgan fingerprint density at radius 3 is 2.94 bits per heavy atom. The minimum absolute atomic E-state index is 0.150. The zero-order valence-electron chi connectivity index (χ0n) is 9.10. The highest BCUT2D eigenvalue weighted by Gasteiger charge is 2.36. The Hall–Kier alpha value is -0.560. The van der Waals surface area contributed by atoms with Gasteiger partial charge in [-0.2, -0.15) is 0 Å². The summed E-state index contributed by atoms with van der Waals surface area (Å²) >= 11 is 4.99. The molecule has 17 heavy (non-hydrogen) atoms. The van der Waals surface area contributed by atoms with Crippen molar-refractivity contribution in [1.82, 2.24) is 0 Å². The number of anilines is 1. The molecular formula is C11H11N2OS3+. The molecule has 0 spiro atoms. The average Bonchev–Trinajstić information content (AvgIpc) is 2.91. The van der Waals surface area contributed by atoms with Crippen LogP contribution in [0.5, 0.6) is 0 Å². The summed E-state index contributed by atoms with van der Waals surface area (Å²) in [5.41, 5.74) is 1.10. The Morgan fingerprint density at radius 1 is 1.41 bits per heavy atom. The molecule has 88 valence electrons. The van der Waals surface area contributed by atoms with Crippen molar-refractivity contribution in [2.24, 2.45) is 0 Å². The number of fused-ring (bicyclic) bond motifs is 1. The summed E-state index contributed by atoms with van der Waals surface area (Å²) in [5, 5.41) is 6.10. The summed E-state index contributed by atoms with van der Waals surface area (Å²) in [6, 6.07) is 8.12. The Labute approximate surface area is 112 Å². The quantitative estimate of drug-likeness (QED) is 0.770. The van der Waals surface area contributed by atoms with E-state index in [9.17, 15) is 4.79 Å². The van der Waals surface area contributed by atoms with Crippen molar-refractivity contribution in [2.45, 2.75) is 9.60 Å². The molecule has 6 heteroatoms. The van der Waals surface area contributed by atoms with Crippen LogP contribution >= 0.6 is 35.3 Å². The van der Waals surface area contributed by atoms with Crippen LogP contribution in [0.1, 0.15) is 0 Å². The lowest BCUT2D eigenvalue weighted by atomic mass is 10.3. The third-order valence-electron chi connectivity index (χ3n) is 2.53. The number of hydrogen-bond acceptors (Lipinski definition) is 5. The van der Waals surface area contributed by atoms with E-state index >= 15 is 0 Å². The van der Waals surface area contributed by atoms with Crippen molar-refractivity contribution in [3.05, 3.63) is 34.2 Å². The van der Waals surface area contributed by atoms with E-state index in [1.54, 1.807) is 40.6 Å². The molecule has 0 aliphatic carbocycles. The molecule has 1 amide bonds. The maximum absolute atomic E-state index is 11.9. The van der Waals surface area contributed by atoms with Gasteiger partial charge in [-0.05, 0) is 30.2 Å². The molecule has 3 nitrogen and oxygen atoms in total. The summed E-state index contributed by atoms with van der Waals surface area (Å²) in [6.45, 7) is 0. The highest BCUT2D eigenvalue weighted by molar-refractivity contribution is 8.19. The van der Waals surface area contributed by atoms with E-state index in [4.69, 9.17) is 0 Å².